The summed E-state index contributed by atoms with van der Waals surface area (Å²) in [5, 5.41) is 12.5. The van der Waals surface area contributed by atoms with Crippen LogP contribution >= 0.6 is 11.6 Å². The first-order valence-electron chi connectivity index (χ1n) is 6.64. The monoisotopic (exact) mass is 315 g/mol. The standard InChI is InChI=1S/C14H22ClN3O3/c1-20-8-3-6-18(7-9-21-2)13-5-4-11(15)10-12(13)14(16)17-19/h4-5,10,19H,3,6-9H2,1-2H3,(H2,16,17). The number of halogens is 1. The van der Waals surface area contributed by atoms with Crippen LogP contribution in [0.15, 0.2) is 23.4 Å². The minimum atomic E-state index is 0.0293. The van der Waals surface area contributed by atoms with Crippen molar-refractivity contribution in [3.05, 3.63) is 28.8 Å². The lowest BCUT2D eigenvalue weighted by atomic mass is 10.1. The highest BCUT2D eigenvalue weighted by Crippen LogP contribution is 2.24. The number of oxime groups is 1. The van der Waals surface area contributed by atoms with Crippen molar-refractivity contribution in [2.45, 2.75) is 6.42 Å². The van der Waals surface area contributed by atoms with E-state index in [0.29, 0.717) is 30.3 Å². The van der Waals surface area contributed by atoms with Crippen molar-refractivity contribution in [2.24, 2.45) is 10.9 Å². The van der Waals surface area contributed by atoms with Gasteiger partial charge in [-0.2, -0.15) is 0 Å². The molecule has 0 aliphatic heterocycles. The Bertz CT molecular complexity index is 469. The van der Waals surface area contributed by atoms with E-state index < -0.39 is 0 Å². The van der Waals surface area contributed by atoms with Gasteiger partial charge in [0.25, 0.3) is 0 Å². The molecule has 3 N–H and O–H groups in total. The van der Waals surface area contributed by atoms with Gasteiger partial charge in [-0.1, -0.05) is 16.8 Å². The molecule has 0 heterocycles. The van der Waals surface area contributed by atoms with E-state index in [-0.39, 0.29) is 5.84 Å². The second-order valence-electron chi connectivity index (χ2n) is 4.47. The van der Waals surface area contributed by atoms with Gasteiger partial charge >= 0.3 is 0 Å². The molecule has 21 heavy (non-hydrogen) atoms. The summed E-state index contributed by atoms with van der Waals surface area (Å²) < 4.78 is 10.2. The average molecular weight is 316 g/mol. The Balaban J connectivity index is 3.04. The third kappa shape index (κ3) is 5.41. The fraction of sp³-hybridized carbons (Fsp3) is 0.500. The summed E-state index contributed by atoms with van der Waals surface area (Å²) in [5.41, 5.74) is 7.19. The van der Waals surface area contributed by atoms with E-state index in [2.05, 4.69) is 10.1 Å². The lowest BCUT2D eigenvalue weighted by Crippen LogP contribution is -2.31. The molecule has 0 aliphatic carbocycles. The van der Waals surface area contributed by atoms with E-state index in [1.165, 1.54) is 0 Å². The van der Waals surface area contributed by atoms with Crippen LogP contribution in [0.5, 0.6) is 0 Å². The molecule has 1 rings (SSSR count). The number of amidine groups is 1. The van der Waals surface area contributed by atoms with E-state index >= 15 is 0 Å². The molecule has 118 valence electrons. The first-order chi connectivity index (χ1) is 10.1. The van der Waals surface area contributed by atoms with E-state index in [1.807, 2.05) is 6.07 Å². The van der Waals surface area contributed by atoms with Gasteiger partial charge in [0.05, 0.1) is 6.61 Å². The van der Waals surface area contributed by atoms with E-state index in [1.54, 1.807) is 26.4 Å². The highest BCUT2D eigenvalue weighted by Gasteiger charge is 2.14. The molecule has 1 aromatic carbocycles. The number of benzene rings is 1. The highest BCUT2D eigenvalue weighted by molar-refractivity contribution is 6.31. The summed E-state index contributed by atoms with van der Waals surface area (Å²) in [7, 11) is 3.32. The molecule has 0 saturated heterocycles. The maximum absolute atomic E-state index is 8.93. The zero-order valence-electron chi connectivity index (χ0n) is 12.4. The number of rotatable bonds is 9. The maximum Gasteiger partial charge on any atom is 0.172 e. The van der Waals surface area contributed by atoms with Crippen LogP contribution in [0.25, 0.3) is 0 Å². The van der Waals surface area contributed by atoms with Gasteiger partial charge in [0.2, 0.25) is 0 Å². The number of hydrogen-bond acceptors (Lipinski definition) is 5. The van der Waals surface area contributed by atoms with Crippen LogP contribution in [0.3, 0.4) is 0 Å². The molecular weight excluding hydrogens is 294 g/mol. The van der Waals surface area contributed by atoms with Gasteiger partial charge in [0, 0.05) is 50.2 Å². The predicted octanol–water partition coefficient (Wildman–Crippen LogP) is 1.92. The van der Waals surface area contributed by atoms with Gasteiger partial charge in [-0.15, -0.1) is 0 Å². The number of anilines is 1. The molecule has 7 heteroatoms. The number of nitrogens with zero attached hydrogens (tertiary/aromatic N) is 2. The summed E-state index contributed by atoms with van der Waals surface area (Å²) >= 11 is 6.00. The molecule has 1 aromatic rings. The minimum absolute atomic E-state index is 0.0293. The third-order valence-electron chi connectivity index (χ3n) is 3.02. The Morgan fingerprint density at radius 1 is 1.29 bits per heavy atom. The minimum Gasteiger partial charge on any atom is -0.409 e. The molecule has 0 saturated carbocycles. The Kier molecular flexibility index (Phi) is 7.89. The van der Waals surface area contributed by atoms with Gasteiger partial charge in [0.15, 0.2) is 5.84 Å². The van der Waals surface area contributed by atoms with Crippen LogP contribution in [0.4, 0.5) is 5.69 Å². The topological polar surface area (TPSA) is 80.3 Å². The lowest BCUT2D eigenvalue weighted by molar-refractivity contribution is 0.191. The summed E-state index contributed by atoms with van der Waals surface area (Å²) in [6, 6.07) is 5.32. The van der Waals surface area contributed by atoms with Crippen LogP contribution in [-0.4, -0.2) is 51.6 Å². The van der Waals surface area contributed by atoms with Crippen LogP contribution in [0.2, 0.25) is 5.02 Å². The molecule has 0 fully saturated rings. The lowest BCUT2D eigenvalue weighted by Gasteiger charge is -2.26. The SMILES string of the molecule is COCCCN(CCOC)c1ccc(Cl)cc1C(N)=NO. The maximum atomic E-state index is 8.93. The first-order valence-corrected chi connectivity index (χ1v) is 7.02. The number of hydrogen-bond donors (Lipinski definition) is 2. The van der Waals surface area contributed by atoms with Crippen LogP contribution in [0, 0.1) is 0 Å². The van der Waals surface area contributed by atoms with Gasteiger partial charge in [-0.25, -0.2) is 0 Å². The van der Waals surface area contributed by atoms with Crippen LogP contribution in [0.1, 0.15) is 12.0 Å². The third-order valence-corrected chi connectivity index (χ3v) is 3.26. The molecule has 0 aliphatic rings. The second-order valence-corrected chi connectivity index (χ2v) is 4.91. The first kappa shape index (κ1) is 17.6. The average Bonchev–Trinajstić information content (AvgIpc) is 2.50. The Hall–Kier alpha value is -1.50. The van der Waals surface area contributed by atoms with Crippen molar-refractivity contribution >= 4 is 23.1 Å². The molecule has 0 aromatic heterocycles. The molecular formula is C14H22ClN3O3. The summed E-state index contributed by atoms with van der Waals surface area (Å²) in [6.45, 7) is 2.69. The van der Waals surface area contributed by atoms with Crippen molar-refractivity contribution in [1.82, 2.24) is 0 Å². The largest absolute Gasteiger partial charge is 0.409 e. The van der Waals surface area contributed by atoms with Crippen molar-refractivity contribution in [3.8, 4) is 0 Å². The molecule has 6 nitrogen and oxygen atoms in total. The molecule has 0 bridgehead atoms. The summed E-state index contributed by atoms with van der Waals surface area (Å²) in [5.74, 6) is 0.0293. The van der Waals surface area contributed by atoms with Gasteiger partial charge in [-0.05, 0) is 24.6 Å². The zero-order chi connectivity index (χ0) is 15.7. The van der Waals surface area contributed by atoms with Gasteiger partial charge in [-0.3, -0.25) is 0 Å². The van der Waals surface area contributed by atoms with Crippen molar-refractivity contribution in [1.29, 1.82) is 0 Å². The fourth-order valence-electron chi connectivity index (χ4n) is 2.00. The highest BCUT2D eigenvalue weighted by atomic mass is 35.5. The van der Waals surface area contributed by atoms with Crippen LogP contribution in [-0.2, 0) is 9.47 Å². The predicted molar refractivity (Wildman–Crippen MR) is 84.5 cm³/mol. The smallest absolute Gasteiger partial charge is 0.172 e. The fourth-order valence-corrected chi connectivity index (χ4v) is 2.17. The normalized spacial score (nSPS) is 11.7. The van der Waals surface area contributed by atoms with Crippen molar-refractivity contribution in [2.75, 3.05) is 45.4 Å². The molecule has 0 amide bonds. The second kappa shape index (κ2) is 9.44. The van der Waals surface area contributed by atoms with Gasteiger partial charge < -0.3 is 25.3 Å². The summed E-state index contributed by atoms with van der Waals surface area (Å²) in [6.07, 6.45) is 0.860. The Morgan fingerprint density at radius 2 is 2.00 bits per heavy atom. The van der Waals surface area contributed by atoms with E-state index in [4.69, 9.17) is 32.0 Å². The molecule has 0 unspecified atom stereocenters. The quantitative estimate of drug-likeness (QED) is 0.239. The van der Waals surface area contributed by atoms with Crippen molar-refractivity contribution < 1.29 is 14.7 Å². The van der Waals surface area contributed by atoms with Crippen molar-refractivity contribution in [3.63, 3.8) is 0 Å². The molecule has 0 atom stereocenters. The number of ether oxygens (including phenoxy) is 2. The van der Waals surface area contributed by atoms with Crippen LogP contribution < -0.4 is 10.6 Å². The Morgan fingerprint density at radius 3 is 2.62 bits per heavy atom. The number of methoxy groups -OCH3 is 2. The zero-order valence-corrected chi connectivity index (χ0v) is 13.1. The molecule has 0 spiro atoms. The van der Waals surface area contributed by atoms with E-state index in [9.17, 15) is 0 Å². The van der Waals surface area contributed by atoms with E-state index in [0.717, 1.165) is 18.7 Å². The number of nitrogens with two attached hydrogens (primary N) is 1. The summed E-state index contributed by atoms with van der Waals surface area (Å²) in [4.78, 5) is 2.10. The Labute approximate surface area is 130 Å². The molecule has 0 radical (unpaired) electrons. The van der Waals surface area contributed by atoms with Gasteiger partial charge in [0.1, 0.15) is 0 Å².